The van der Waals surface area contributed by atoms with E-state index in [1.54, 1.807) is 11.3 Å². The molecule has 0 saturated carbocycles. The van der Waals surface area contributed by atoms with Gasteiger partial charge in [-0.1, -0.05) is 6.92 Å². The van der Waals surface area contributed by atoms with E-state index in [0.717, 1.165) is 42.7 Å². The van der Waals surface area contributed by atoms with Crippen molar-refractivity contribution in [3.63, 3.8) is 0 Å². The van der Waals surface area contributed by atoms with E-state index in [1.807, 2.05) is 0 Å². The van der Waals surface area contributed by atoms with Crippen LogP contribution in [0.4, 0.5) is 11.8 Å². The van der Waals surface area contributed by atoms with Gasteiger partial charge in [0.2, 0.25) is 5.95 Å². The fraction of sp³-hybridized carbons (Fsp3) is 0.571. The summed E-state index contributed by atoms with van der Waals surface area (Å²) in [7, 11) is 0. The first kappa shape index (κ1) is 14.1. The van der Waals surface area contributed by atoms with Gasteiger partial charge in [0.15, 0.2) is 0 Å². The molecule has 0 radical (unpaired) electrons. The third-order valence-electron chi connectivity index (χ3n) is 3.01. The zero-order chi connectivity index (χ0) is 13.8. The number of anilines is 2. The molecule has 2 heterocycles. The molecule has 0 bridgehead atoms. The maximum atomic E-state index is 4.70. The molecule has 0 aromatic carbocycles. The van der Waals surface area contributed by atoms with Crippen LogP contribution < -0.4 is 10.2 Å². The second-order valence-electron chi connectivity index (χ2n) is 4.56. The van der Waals surface area contributed by atoms with E-state index in [4.69, 9.17) is 4.98 Å². The number of thiophene rings is 1. The Morgan fingerprint density at radius 2 is 2.05 bits per heavy atom. The van der Waals surface area contributed by atoms with Crippen LogP contribution in [-0.2, 0) is 0 Å². The van der Waals surface area contributed by atoms with Gasteiger partial charge in [0.05, 0.1) is 5.39 Å². The lowest BCUT2D eigenvalue weighted by atomic mass is 10.3. The lowest BCUT2D eigenvalue weighted by Crippen LogP contribution is -2.25. The lowest BCUT2D eigenvalue weighted by Gasteiger charge is -2.22. The number of rotatable bonds is 6. The summed E-state index contributed by atoms with van der Waals surface area (Å²) in [5, 5.41) is 4.41. The van der Waals surface area contributed by atoms with E-state index in [2.05, 4.69) is 49.0 Å². The van der Waals surface area contributed by atoms with Crippen LogP contribution in [0, 0.1) is 6.92 Å². The van der Waals surface area contributed by atoms with Gasteiger partial charge in [-0.05, 0) is 33.3 Å². The summed E-state index contributed by atoms with van der Waals surface area (Å²) in [5.74, 6) is 1.80. The third kappa shape index (κ3) is 2.97. The number of nitrogens with one attached hydrogen (secondary N) is 1. The Bertz CT molecular complexity index is 550. The predicted molar refractivity (Wildman–Crippen MR) is 84.5 cm³/mol. The highest BCUT2D eigenvalue weighted by molar-refractivity contribution is 7.18. The number of fused-ring (bicyclic) bond motifs is 1. The van der Waals surface area contributed by atoms with Crippen molar-refractivity contribution in [3.05, 3.63) is 10.9 Å². The second-order valence-corrected chi connectivity index (χ2v) is 5.79. The van der Waals surface area contributed by atoms with Crippen molar-refractivity contribution < 1.29 is 0 Å². The molecule has 0 aliphatic rings. The first-order chi connectivity index (χ1) is 9.19. The Kier molecular flexibility index (Phi) is 4.58. The molecule has 0 spiro atoms. The Hall–Kier alpha value is -1.36. The van der Waals surface area contributed by atoms with Gasteiger partial charge in [-0.15, -0.1) is 11.3 Å². The van der Waals surface area contributed by atoms with Crippen molar-refractivity contribution in [2.45, 2.75) is 34.1 Å². The molecule has 0 fully saturated rings. The molecular weight excluding hydrogens is 256 g/mol. The summed E-state index contributed by atoms with van der Waals surface area (Å²) >= 11 is 1.73. The van der Waals surface area contributed by atoms with Crippen LogP contribution in [0.15, 0.2) is 6.07 Å². The number of hydrogen-bond acceptors (Lipinski definition) is 5. The van der Waals surface area contributed by atoms with Crippen LogP contribution in [0.1, 0.15) is 32.1 Å². The highest BCUT2D eigenvalue weighted by atomic mass is 32.1. The molecule has 19 heavy (non-hydrogen) atoms. The largest absolute Gasteiger partial charge is 0.356 e. The van der Waals surface area contributed by atoms with Crippen LogP contribution in [0.2, 0.25) is 0 Å². The summed E-state index contributed by atoms with van der Waals surface area (Å²) in [6.45, 7) is 11.4. The molecule has 104 valence electrons. The molecule has 1 N–H and O–H groups in total. The van der Waals surface area contributed by atoms with Crippen LogP contribution >= 0.6 is 11.3 Å². The van der Waals surface area contributed by atoms with Gasteiger partial charge in [0.25, 0.3) is 0 Å². The molecule has 0 atom stereocenters. The number of nitrogens with zero attached hydrogens (tertiary/aromatic N) is 3. The maximum Gasteiger partial charge on any atom is 0.226 e. The van der Waals surface area contributed by atoms with Gasteiger partial charge in [-0.2, -0.15) is 4.98 Å². The fourth-order valence-corrected chi connectivity index (χ4v) is 3.06. The first-order valence-corrected chi connectivity index (χ1v) is 7.78. The van der Waals surface area contributed by atoms with E-state index in [9.17, 15) is 0 Å². The van der Waals surface area contributed by atoms with Crippen molar-refractivity contribution in [1.82, 2.24) is 9.97 Å². The van der Waals surface area contributed by atoms with E-state index < -0.39 is 0 Å². The summed E-state index contributed by atoms with van der Waals surface area (Å²) in [6, 6.07) is 2.20. The quantitative estimate of drug-likeness (QED) is 0.875. The Balaban J connectivity index is 2.54. The highest BCUT2D eigenvalue weighted by Gasteiger charge is 2.14. The van der Waals surface area contributed by atoms with Crippen molar-refractivity contribution in [2.24, 2.45) is 0 Å². The highest BCUT2D eigenvalue weighted by Crippen LogP contribution is 2.31. The molecule has 2 aromatic rings. The first-order valence-electron chi connectivity index (χ1n) is 6.96. The van der Waals surface area contributed by atoms with Crippen LogP contribution in [-0.4, -0.2) is 29.6 Å². The third-order valence-corrected chi connectivity index (χ3v) is 3.95. The SMILES string of the molecule is CCCN(CC)c1nc(NCC)nc2sc(C)cc12. The topological polar surface area (TPSA) is 41.1 Å². The Labute approximate surface area is 118 Å². The van der Waals surface area contributed by atoms with Gasteiger partial charge < -0.3 is 10.2 Å². The summed E-state index contributed by atoms with van der Waals surface area (Å²) < 4.78 is 0. The standard InChI is InChI=1S/C14H22N4S/c1-5-8-18(7-3)12-11-9-10(4)19-13(11)17-14(16-12)15-6-2/h9H,5-8H2,1-4H3,(H,15,16,17). The van der Waals surface area contributed by atoms with Gasteiger partial charge in [-0.3, -0.25) is 0 Å². The molecule has 0 saturated heterocycles. The Morgan fingerprint density at radius 3 is 2.68 bits per heavy atom. The molecule has 0 aliphatic heterocycles. The molecule has 0 amide bonds. The second kappa shape index (κ2) is 6.19. The molecule has 5 heteroatoms. The smallest absolute Gasteiger partial charge is 0.226 e. The minimum absolute atomic E-state index is 0.737. The van der Waals surface area contributed by atoms with Crippen molar-refractivity contribution in [1.29, 1.82) is 0 Å². The normalized spacial score (nSPS) is 10.9. The van der Waals surface area contributed by atoms with E-state index in [0.29, 0.717) is 0 Å². The maximum absolute atomic E-state index is 4.70. The number of hydrogen-bond donors (Lipinski definition) is 1. The summed E-state index contributed by atoms with van der Waals surface area (Å²) in [6.07, 6.45) is 1.12. The zero-order valence-corrected chi connectivity index (χ0v) is 13.0. The van der Waals surface area contributed by atoms with Crippen molar-refractivity contribution in [3.8, 4) is 0 Å². The monoisotopic (exact) mass is 278 g/mol. The van der Waals surface area contributed by atoms with E-state index in [-0.39, 0.29) is 0 Å². The molecule has 0 aliphatic carbocycles. The van der Waals surface area contributed by atoms with E-state index >= 15 is 0 Å². The molecule has 2 rings (SSSR count). The van der Waals surface area contributed by atoms with Gasteiger partial charge in [0, 0.05) is 24.5 Å². The minimum atomic E-state index is 0.737. The Morgan fingerprint density at radius 1 is 1.26 bits per heavy atom. The summed E-state index contributed by atoms with van der Waals surface area (Å²) in [5.41, 5.74) is 0. The van der Waals surface area contributed by atoms with Crippen LogP contribution in [0.5, 0.6) is 0 Å². The average molecular weight is 278 g/mol. The van der Waals surface area contributed by atoms with Crippen LogP contribution in [0.25, 0.3) is 10.2 Å². The lowest BCUT2D eigenvalue weighted by molar-refractivity contribution is 0.781. The van der Waals surface area contributed by atoms with Gasteiger partial charge >= 0.3 is 0 Å². The molecular formula is C14H22N4S. The zero-order valence-electron chi connectivity index (χ0n) is 12.2. The molecule has 0 unspecified atom stereocenters. The summed E-state index contributed by atoms with van der Waals surface area (Å²) in [4.78, 5) is 14.0. The minimum Gasteiger partial charge on any atom is -0.356 e. The predicted octanol–water partition coefficient (Wildman–Crippen LogP) is 3.67. The molecule has 4 nitrogen and oxygen atoms in total. The molecule has 2 aromatic heterocycles. The number of aryl methyl sites for hydroxylation is 1. The van der Waals surface area contributed by atoms with Gasteiger partial charge in [0.1, 0.15) is 10.6 Å². The van der Waals surface area contributed by atoms with Crippen molar-refractivity contribution >= 4 is 33.3 Å². The van der Waals surface area contributed by atoms with Crippen LogP contribution in [0.3, 0.4) is 0 Å². The van der Waals surface area contributed by atoms with Crippen molar-refractivity contribution in [2.75, 3.05) is 29.9 Å². The van der Waals surface area contributed by atoms with Gasteiger partial charge in [-0.25, -0.2) is 4.98 Å². The fourth-order valence-electron chi connectivity index (χ4n) is 2.19. The number of aromatic nitrogens is 2. The van der Waals surface area contributed by atoms with E-state index in [1.165, 1.54) is 10.3 Å². The average Bonchev–Trinajstić information content (AvgIpc) is 2.76.